The van der Waals surface area contributed by atoms with E-state index in [-0.39, 0.29) is 22.5 Å². The van der Waals surface area contributed by atoms with Gasteiger partial charge in [0, 0.05) is 22.0 Å². The molecule has 8 heteroatoms. The summed E-state index contributed by atoms with van der Waals surface area (Å²) in [7, 11) is 0. The highest BCUT2D eigenvalue weighted by atomic mass is 35.5. The molecule has 4 aromatic rings. The Labute approximate surface area is 186 Å². The quantitative estimate of drug-likeness (QED) is 0.396. The number of rotatable bonds is 5. The Kier molecular flexibility index (Phi) is 6.12. The number of halogens is 2. The lowest BCUT2D eigenvalue weighted by Gasteiger charge is -2.10. The number of fused-ring (bicyclic) bond motifs is 1. The van der Waals surface area contributed by atoms with E-state index in [9.17, 15) is 9.18 Å². The highest BCUT2D eigenvalue weighted by Gasteiger charge is 2.13. The lowest BCUT2D eigenvalue weighted by atomic mass is 10.1. The van der Waals surface area contributed by atoms with Crippen LogP contribution in [0.5, 0.6) is 0 Å². The van der Waals surface area contributed by atoms with Gasteiger partial charge < -0.3 is 5.32 Å². The molecule has 1 N–H and O–H groups in total. The predicted molar refractivity (Wildman–Crippen MR) is 120 cm³/mol. The highest BCUT2D eigenvalue weighted by molar-refractivity contribution is 8.00. The molecule has 0 spiro atoms. The zero-order valence-electron chi connectivity index (χ0n) is 16.0. The molecule has 0 aliphatic rings. The van der Waals surface area contributed by atoms with Crippen molar-refractivity contribution in [3.05, 3.63) is 83.1 Å². The molecule has 5 nitrogen and oxygen atoms in total. The summed E-state index contributed by atoms with van der Waals surface area (Å²) in [6.07, 6.45) is 0. The molecule has 0 aliphatic heterocycles. The normalized spacial score (nSPS) is 10.6. The van der Waals surface area contributed by atoms with Crippen LogP contribution < -0.4 is 5.32 Å². The number of aromatic nitrogens is 2. The molecular formula is C23H14ClFN4OS. The Morgan fingerprint density at radius 1 is 1.06 bits per heavy atom. The second-order valence-electron chi connectivity index (χ2n) is 6.55. The summed E-state index contributed by atoms with van der Waals surface area (Å²) in [4.78, 5) is 12.4. The lowest BCUT2D eigenvalue weighted by molar-refractivity contribution is -0.113. The minimum Gasteiger partial charge on any atom is -0.325 e. The number of carbonyl (C=O) groups excluding carboxylic acids is 1. The van der Waals surface area contributed by atoms with Crippen molar-refractivity contribution in [2.24, 2.45) is 0 Å². The maximum absolute atomic E-state index is 13.3. The Hall–Kier alpha value is -3.47. The number of anilines is 1. The van der Waals surface area contributed by atoms with E-state index in [4.69, 9.17) is 16.9 Å². The average Bonchev–Trinajstić information content (AvgIpc) is 2.78. The van der Waals surface area contributed by atoms with E-state index in [1.54, 1.807) is 24.3 Å². The zero-order valence-corrected chi connectivity index (χ0v) is 17.5. The van der Waals surface area contributed by atoms with Crippen LogP contribution >= 0.6 is 23.4 Å². The van der Waals surface area contributed by atoms with E-state index >= 15 is 0 Å². The van der Waals surface area contributed by atoms with Crippen LogP contribution in [-0.2, 0) is 4.79 Å². The molecule has 0 bridgehead atoms. The standard InChI is InChI=1S/C23H14ClFN4OS/c24-20-11-17(10-7-15(20)12-26)27-21(30)13-31-23-19-4-2-1-3-18(19)22(28-29-23)14-5-8-16(25)9-6-14/h1-11H,13H2,(H,27,30). The molecule has 0 unspecified atom stereocenters. The number of nitriles is 1. The minimum atomic E-state index is -0.317. The monoisotopic (exact) mass is 448 g/mol. The van der Waals surface area contributed by atoms with Crippen molar-refractivity contribution in [3.63, 3.8) is 0 Å². The number of benzene rings is 3. The number of nitrogens with zero attached hydrogens (tertiary/aromatic N) is 3. The van der Waals surface area contributed by atoms with Crippen molar-refractivity contribution < 1.29 is 9.18 Å². The van der Waals surface area contributed by atoms with Gasteiger partial charge in [0.1, 0.15) is 22.6 Å². The zero-order chi connectivity index (χ0) is 21.8. The summed E-state index contributed by atoms with van der Waals surface area (Å²) in [6, 6.07) is 20.4. The van der Waals surface area contributed by atoms with Gasteiger partial charge in [0.05, 0.1) is 16.3 Å². The van der Waals surface area contributed by atoms with Crippen LogP contribution in [0.1, 0.15) is 5.56 Å². The third-order valence-electron chi connectivity index (χ3n) is 4.48. The summed E-state index contributed by atoms with van der Waals surface area (Å²) in [5.41, 5.74) is 2.27. The van der Waals surface area contributed by atoms with E-state index in [1.807, 2.05) is 30.3 Å². The number of nitrogens with one attached hydrogen (secondary N) is 1. The van der Waals surface area contributed by atoms with E-state index in [0.29, 0.717) is 22.0 Å². The van der Waals surface area contributed by atoms with Gasteiger partial charge in [0.2, 0.25) is 5.91 Å². The molecular weight excluding hydrogens is 435 g/mol. The fourth-order valence-electron chi connectivity index (χ4n) is 3.02. The predicted octanol–water partition coefficient (Wildman–Crippen LogP) is 5.69. The molecule has 1 amide bonds. The van der Waals surface area contributed by atoms with Crippen molar-refractivity contribution in [1.29, 1.82) is 5.26 Å². The van der Waals surface area contributed by atoms with Gasteiger partial charge >= 0.3 is 0 Å². The SMILES string of the molecule is N#Cc1ccc(NC(=O)CSc2nnc(-c3ccc(F)cc3)c3ccccc23)cc1Cl. The first-order valence-corrected chi connectivity index (χ1v) is 10.5. The average molecular weight is 449 g/mol. The molecule has 1 aromatic heterocycles. The third-order valence-corrected chi connectivity index (χ3v) is 5.78. The van der Waals surface area contributed by atoms with Crippen LogP contribution in [-0.4, -0.2) is 21.9 Å². The molecule has 0 saturated carbocycles. The Balaban J connectivity index is 1.53. The molecule has 0 radical (unpaired) electrons. The van der Waals surface area contributed by atoms with Gasteiger partial charge in [0.25, 0.3) is 0 Å². The molecule has 0 fully saturated rings. The molecule has 31 heavy (non-hydrogen) atoms. The van der Waals surface area contributed by atoms with Crippen molar-refractivity contribution >= 4 is 45.7 Å². The van der Waals surface area contributed by atoms with Crippen molar-refractivity contribution in [3.8, 4) is 17.3 Å². The first-order valence-electron chi connectivity index (χ1n) is 9.19. The highest BCUT2D eigenvalue weighted by Crippen LogP contribution is 2.32. The number of hydrogen-bond donors (Lipinski definition) is 1. The molecule has 0 saturated heterocycles. The molecule has 3 aromatic carbocycles. The largest absolute Gasteiger partial charge is 0.325 e. The second kappa shape index (κ2) is 9.13. The van der Waals surface area contributed by atoms with E-state index < -0.39 is 0 Å². The topological polar surface area (TPSA) is 78.7 Å². The fourth-order valence-corrected chi connectivity index (χ4v) is 4.02. The van der Waals surface area contributed by atoms with Crippen LogP contribution in [0.25, 0.3) is 22.0 Å². The first-order chi connectivity index (χ1) is 15.0. The number of carbonyl (C=O) groups is 1. The summed E-state index contributed by atoms with van der Waals surface area (Å²) < 4.78 is 13.3. The minimum absolute atomic E-state index is 0.117. The van der Waals surface area contributed by atoms with Gasteiger partial charge in [-0.1, -0.05) is 47.6 Å². The Morgan fingerprint density at radius 2 is 1.81 bits per heavy atom. The number of hydrogen-bond acceptors (Lipinski definition) is 5. The van der Waals surface area contributed by atoms with Crippen LogP contribution in [0.15, 0.2) is 71.8 Å². The van der Waals surface area contributed by atoms with Crippen molar-refractivity contribution in [2.75, 3.05) is 11.1 Å². The van der Waals surface area contributed by atoms with Crippen LogP contribution in [0.2, 0.25) is 5.02 Å². The molecule has 1 heterocycles. The molecule has 0 atom stereocenters. The van der Waals surface area contributed by atoms with Crippen LogP contribution in [0.3, 0.4) is 0 Å². The third kappa shape index (κ3) is 4.66. The van der Waals surface area contributed by atoms with Gasteiger partial charge in [0.15, 0.2) is 0 Å². The summed E-state index contributed by atoms with van der Waals surface area (Å²) in [6.45, 7) is 0. The summed E-state index contributed by atoms with van der Waals surface area (Å²) in [5.74, 6) is -0.436. The van der Waals surface area contributed by atoms with Crippen LogP contribution in [0.4, 0.5) is 10.1 Å². The molecule has 0 aliphatic carbocycles. The molecule has 152 valence electrons. The number of thioether (sulfide) groups is 1. The maximum atomic E-state index is 13.3. The molecule has 4 rings (SSSR count). The first kappa shape index (κ1) is 20.8. The fraction of sp³-hybridized carbons (Fsp3) is 0.0435. The Bertz CT molecular complexity index is 1320. The van der Waals surface area contributed by atoms with Crippen molar-refractivity contribution in [1.82, 2.24) is 10.2 Å². The number of amides is 1. The van der Waals surface area contributed by atoms with Crippen LogP contribution in [0, 0.1) is 17.1 Å². The van der Waals surface area contributed by atoms with Gasteiger partial charge in [-0.3, -0.25) is 4.79 Å². The van der Waals surface area contributed by atoms with E-state index in [2.05, 4.69) is 15.5 Å². The summed E-state index contributed by atoms with van der Waals surface area (Å²) in [5, 5.41) is 22.9. The lowest BCUT2D eigenvalue weighted by Crippen LogP contribution is -2.14. The Morgan fingerprint density at radius 3 is 2.52 bits per heavy atom. The van der Waals surface area contributed by atoms with Crippen molar-refractivity contribution in [2.45, 2.75) is 5.03 Å². The smallest absolute Gasteiger partial charge is 0.234 e. The van der Waals surface area contributed by atoms with E-state index in [0.717, 1.165) is 16.3 Å². The summed E-state index contributed by atoms with van der Waals surface area (Å²) >= 11 is 7.27. The van der Waals surface area contributed by atoms with Gasteiger partial charge in [-0.2, -0.15) is 5.26 Å². The van der Waals surface area contributed by atoms with Gasteiger partial charge in [-0.25, -0.2) is 4.39 Å². The van der Waals surface area contributed by atoms with Gasteiger partial charge in [-0.05, 0) is 42.5 Å². The second-order valence-corrected chi connectivity index (χ2v) is 7.92. The maximum Gasteiger partial charge on any atom is 0.234 e. The van der Waals surface area contributed by atoms with E-state index in [1.165, 1.54) is 30.0 Å². The van der Waals surface area contributed by atoms with Gasteiger partial charge in [-0.15, -0.1) is 10.2 Å².